The smallest absolute Gasteiger partial charge is 0.356 e. The summed E-state index contributed by atoms with van der Waals surface area (Å²) in [5.41, 5.74) is 1.05. The molecule has 0 aliphatic heterocycles. The second-order valence-corrected chi connectivity index (χ2v) is 3.80. The van der Waals surface area contributed by atoms with Gasteiger partial charge in [-0.2, -0.15) is 0 Å². The number of hydrogen-bond acceptors (Lipinski definition) is 2. The SMILES string of the molecule is Cl.O=C(O)c1cn(Cc2cccc(Cl)c2)cn1. The quantitative estimate of drug-likeness (QED) is 0.935. The largest absolute Gasteiger partial charge is 0.476 e. The zero-order valence-corrected chi connectivity index (χ0v) is 10.3. The zero-order valence-electron chi connectivity index (χ0n) is 8.71. The van der Waals surface area contributed by atoms with E-state index in [4.69, 9.17) is 16.7 Å². The van der Waals surface area contributed by atoms with Gasteiger partial charge in [0.15, 0.2) is 5.69 Å². The minimum absolute atomic E-state index is 0. The Balaban J connectivity index is 0.00000144. The van der Waals surface area contributed by atoms with Gasteiger partial charge in [0.25, 0.3) is 0 Å². The standard InChI is InChI=1S/C11H9ClN2O2.ClH/c12-9-3-1-2-8(4-9)5-14-6-10(11(15)16)13-7-14;/h1-4,6-7H,5H2,(H,15,16);1H. The number of rotatable bonds is 3. The van der Waals surface area contributed by atoms with Gasteiger partial charge < -0.3 is 9.67 Å². The molecule has 0 aliphatic rings. The molecule has 0 spiro atoms. The number of aromatic nitrogens is 2. The monoisotopic (exact) mass is 272 g/mol. The molecular weight excluding hydrogens is 263 g/mol. The first-order valence-electron chi connectivity index (χ1n) is 4.64. The molecule has 0 radical (unpaired) electrons. The summed E-state index contributed by atoms with van der Waals surface area (Å²) in [5, 5.41) is 9.37. The van der Waals surface area contributed by atoms with E-state index in [0.717, 1.165) is 5.56 Å². The molecular formula is C11H10Cl2N2O2. The van der Waals surface area contributed by atoms with E-state index >= 15 is 0 Å². The van der Waals surface area contributed by atoms with Crippen LogP contribution in [-0.2, 0) is 6.54 Å². The molecule has 0 saturated heterocycles. The van der Waals surface area contributed by atoms with E-state index in [0.29, 0.717) is 11.6 Å². The third kappa shape index (κ3) is 3.47. The summed E-state index contributed by atoms with van der Waals surface area (Å²) in [5.74, 6) is -1.02. The Hall–Kier alpha value is -1.52. The maximum Gasteiger partial charge on any atom is 0.356 e. The Kier molecular flexibility index (Phi) is 4.54. The van der Waals surface area contributed by atoms with Gasteiger partial charge in [0, 0.05) is 17.8 Å². The number of imidazole rings is 1. The van der Waals surface area contributed by atoms with Gasteiger partial charge in [0.05, 0.1) is 6.33 Å². The average molecular weight is 273 g/mol. The van der Waals surface area contributed by atoms with E-state index in [1.807, 2.05) is 18.2 Å². The summed E-state index contributed by atoms with van der Waals surface area (Å²) in [6.45, 7) is 0.556. The van der Waals surface area contributed by atoms with Crippen LogP contribution in [0.25, 0.3) is 0 Å². The van der Waals surface area contributed by atoms with Crippen molar-refractivity contribution in [1.29, 1.82) is 0 Å². The van der Waals surface area contributed by atoms with Crippen LogP contribution in [-0.4, -0.2) is 20.6 Å². The van der Waals surface area contributed by atoms with Crippen LogP contribution in [0.5, 0.6) is 0 Å². The molecule has 1 aromatic carbocycles. The summed E-state index contributed by atoms with van der Waals surface area (Å²) >= 11 is 5.85. The number of benzene rings is 1. The van der Waals surface area contributed by atoms with Crippen LogP contribution in [0, 0.1) is 0 Å². The van der Waals surface area contributed by atoms with Crippen LogP contribution in [0.3, 0.4) is 0 Å². The van der Waals surface area contributed by atoms with E-state index < -0.39 is 5.97 Å². The highest BCUT2D eigenvalue weighted by atomic mass is 35.5. The fourth-order valence-corrected chi connectivity index (χ4v) is 1.62. The summed E-state index contributed by atoms with van der Waals surface area (Å²) in [7, 11) is 0. The van der Waals surface area contributed by atoms with Crippen molar-refractivity contribution in [3.05, 3.63) is 53.1 Å². The number of aromatic carboxylic acids is 1. The van der Waals surface area contributed by atoms with Gasteiger partial charge in [-0.15, -0.1) is 12.4 Å². The van der Waals surface area contributed by atoms with E-state index in [-0.39, 0.29) is 18.1 Å². The van der Waals surface area contributed by atoms with Crippen molar-refractivity contribution in [1.82, 2.24) is 9.55 Å². The molecule has 90 valence electrons. The molecule has 0 saturated carbocycles. The third-order valence-corrected chi connectivity index (χ3v) is 2.34. The highest BCUT2D eigenvalue weighted by Crippen LogP contribution is 2.12. The van der Waals surface area contributed by atoms with Gasteiger partial charge in [-0.3, -0.25) is 0 Å². The number of carbonyl (C=O) groups is 1. The third-order valence-electron chi connectivity index (χ3n) is 2.11. The summed E-state index contributed by atoms with van der Waals surface area (Å²) in [6.07, 6.45) is 2.98. The van der Waals surface area contributed by atoms with Gasteiger partial charge in [-0.1, -0.05) is 23.7 Å². The molecule has 2 aromatic rings. The lowest BCUT2D eigenvalue weighted by atomic mass is 10.2. The van der Waals surface area contributed by atoms with E-state index in [1.54, 1.807) is 10.6 Å². The molecule has 0 amide bonds. The predicted octanol–water partition coefficient (Wildman–Crippen LogP) is 2.70. The normalized spacial score (nSPS) is 9.71. The van der Waals surface area contributed by atoms with Crippen molar-refractivity contribution in [3.63, 3.8) is 0 Å². The van der Waals surface area contributed by atoms with Gasteiger partial charge in [0.2, 0.25) is 0 Å². The van der Waals surface area contributed by atoms with E-state index in [1.165, 1.54) is 12.5 Å². The van der Waals surface area contributed by atoms with Crippen LogP contribution < -0.4 is 0 Å². The highest BCUT2D eigenvalue weighted by Gasteiger charge is 2.06. The lowest BCUT2D eigenvalue weighted by molar-refractivity contribution is 0.0691. The Bertz CT molecular complexity index is 526. The second-order valence-electron chi connectivity index (χ2n) is 3.37. The van der Waals surface area contributed by atoms with Crippen molar-refractivity contribution in [2.75, 3.05) is 0 Å². The topological polar surface area (TPSA) is 55.1 Å². The zero-order chi connectivity index (χ0) is 11.5. The Labute approximate surface area is 109 Å². The van der Waals surface area contributed by atoms with Crippen molar-refractivity contribution < 1.29 is 9.90 Å². The van der Waals surface area contributed by atoms with Gasteiger partial charge in [0.1, 0.15) is 0 Å². The van der Waals surface area contributed by atoms with Crippen LogP contribution >= 0.6 is 24.0 Å². The lowest BCUT2D eigenvalue weighted by Gasteiger charge is -2.02. The fourth-order valence-electron chi connectivity index (χ4n) is 1.40. The number of hydrogen-bond donors (Lipinski definition) is 1. The van der Waals surface area contributed by atoms with Crippen molar-refractivity contribution in [2.24, 2.45) is 0 Å². The van der Waals surface area contributed by atoms with Crippen molar-refractivity contribution in [3.8, 4) is 0 Å². The minimum Gasteiger partial charge on any atom is -0.476 e. The molecule has 1 heterocycles. The van der Waals surface area contributed by atoms with E-state index in [9.17, 15) is 4.79 Å². The molecule has 4 nitrogen and oxygen atoms in total. The molecule has 0 fully saturated rings. The minimum atomic E-state index is -1.02. The second kappa shape index (κ2) is 5.70. The lowest BCUT2D eigenvalue weighted by Crippen LogP contribution is -1.98. The molecule has 0 bridgehead atoms. The van der Waals surface area contributed by atoms with E-state index in [2.05, 4.69) is 4.98 Å². The van der Waals surface area contributed by atoms with Gasteiger partial charge in [-0.25, -0.2) is 9.78 Å². The Morgan fingerprint density at radius 2 is 2.24 bits per heavy atom. The number of carboxylic acid groups (broad SMARTS) is 1. The van der Waals surface area contributed by atoms with Crippen molar-refractivity contribution >= 4 is 30.0 Å². The fraction of sp³-hybridized carbons (Fsp3) is 0.0909. The summed E-state index contributed by atoms with van der Waals surface area (Å²) in [6, 6.07) is 7.41. The van der Waals surface area contributed by atoms with Gasteiger partial charge in [-0.05, 0) is 17.7 Å². The average Bonchev–Trinajstić information content (AvgIpc) is 2.66. The van der Waals surface area contributed by atoms with Crippen LogP contribution in [0.15, 0.2) is 36.8 Å². The summed E-state index contributed by atoms with van der Waals surface area (Å²) in [4.78, 5) is 14.4. The predicted molar refractivity (Wildman–Crippen MR) is 67.0 cm³/mol. The number of halogens is 2. The maximum atomic E-state index is 10.6. The highest BCUT2D eigenvalue weighted by molar-refractivity contribution is 6.30. The molecule has 17 heavy (non-hydrogen) atoms. The van der Waals surface area contributed by atoms with Crippen LogP contribution in [0.4, 0.5) is 0 Å². The van der Waals surface area contributed by atoms with Crippen LogP contribution in [0.1, 0.15) is 16.1 Å². The Morgan fingerprint density at radius 1 is 1.47 bits per heavy atom. The first-order chi connectivity index (χ1) is 7.65. The summed E-state index contributed by atoms with van der Waals surface area (Å²) < 4.78 is 1.70. The molecule has 0 aliphatic carbocycles. The van der Waals surface area contributed by atoms with Gasteiger partial charge >= 0.3 is 5.97 Å². The number of carboxylic acids is 1. The first-order valence-corrected chi connectivity index (χ1v) is 5.02. The molecule has 2 rings (SSSR count). The molecule has 1 aromatic heterocycles. The molecule has 0 unspecified atom stereocenters. The molecule has 1 N–H and O–H groups in total. The Morgan fingerprint density at radius 3 is 2.82 bits per heavy atom. The van der Waals surface area contributed by atoms with Crippen LogP contribution in [0.2, 0.25) is 5.02 Å². The molecule has 0 atom stereocenters. The molecule has 6 heteroatoms. The number of nitrogens with zero attached hydrogens (tertiary/aromatic N) is 2. The van der Waals surface area contributed by atoms with Crippen molar-refractivity contribution in [2.45, 2.75) is 6.54 Å². The maximum absolute atomic E-state index is 10.6. The first kappa shape index (κ1) is 13.5.